The molecule has 0 unspecified atom stereocenters. The number of carbonyl (C=O) groups is 1. The highest BCUT2D eigenvalue weighted by molar-refractivity contribution is 7.92. The number of sulfonamides is 1. The van der Waals surface area contributed by atoms with Gasteiger partial charge in [-0.15, -0.1) is 0 Å². The van der Waals surface area contributed by atoms with Gasteiger partial charge in [-0.05, 0) is 60.7 Å². The van der Waals surface area contributed by atoms with E-state index >= 15 is 0 Å². The number of fused-ring (bicyclic) bond motifs is 3. The normalized spacial score (nSPS) is 11.5. The van der Waals surface area contributed by atoms with E-state index in [1.165, 1.54) is 35.6 Å². The first-order chi connectivity index (χ1) is 15.9. The van der Waals surface area contributed by atoms with Crippen LogP contribution in [0.2, 0.25) is 0 Å². The molecule has 0 spiro atoms. The third-order valence-corrected chi connectivity index (χ3v) is 7.33. The topological polar surface area (TPSA) is 79.6 Å². The molecule has 0 radical (unpaired) electrons. The van der Waals surface area contributed by atoms with Crippen LogP contribution in [0, 0.1) is 0 Å². The molecule has 0 aliphatic carbocycles. The maximum Gasteiger partial charge on any atom is 0.264 e. The maximum absolute atomic E-state index is 12.9. The molecule has 164 valence electrons. The average molecular weight is 457 g/mol. The molecule has 1 heterocycles. The summed E-state index contributed by atoms with van der Waals surface area (Å²) in [6, 6.07) is 27.9. The highest BCUT2D eigenvalue weighted by Crippen LogP contribution is 2.30. The van der Waals surface area contributed by atoms with Gasteiger partial charge in [0, 0.05) is 29.1 Å². The fourth-order valence-corrected chi connectivity index (χ4v) is 4.92. The van der Waals surface area contributed by atoms with E-state index in [4.69, 9.17) is 4.42 Å². The second kappa shape index (κ2) is 8.11. The number of carbonyl (C=O) groups excluding carboxylic acids is 1. The van der Waals surface area contributed by atoms with E-state index in [2.05, 4.69) is 5.32 Å². The number of hydrogen-bond acceptors (Lipinski definition) is 4. The molecule has 5 rings (SSSR count). The molecular weight excluding hydrogens is 436 g/mol. The Bertz CT molecular complexity index is 1570. The van der Waals surface area contributed by atoms with Crippen LogP contribution < -0.4 is 9.62 Å². The Labute approximate surface area is 191 Å². The lowest BCUT2D eigenvalue weighted by Gasteiger charge is -2.19. The number of rotatable bonds is 5. The van der Waals surface area contributed by atoms with Crippen LogP contribution in [0.15, 0.2) is 106 Å². The van der Waals surface area contributed by atoms with E-state index in [0.717, 1.165) is 21.9 Å². The van der Waals surface area contributed by atoms with E-state index in [0.29, 0.717) is 16.9 Å². The molecule has 6 nitrogen and oxygen atoms in total. The van der Waals surface area contributed by atoms with Crippen LogP contribution >= 0.6 is 0 Å². The SMILES string of the molecule is CN(c1ccccc1)S(=O)(=O)c1ccc(C(=O)Nc2ccc3oc4ccccc4c3c2)cc1. The lowest BCUT2D eigenvalue weighted by atomic mass is 10.1. The Morgan fingerprint density at radius 2 is 1.45 bits per heavy atom. The van der Waals surface area contributed by atoms with E-state index in [1.807, 2.05) is 42.5 Å². The van der Waals surface area contributed by atoms with Crippen LogP contribution in [-0.4, -0.2) is 21.4 Å². The average Bonchev–Trinajstić information content (AvgIpc) is 3.22. The maximum atomic E-state index is 12.9. The third-order valence-electron chi connectivity index (χ3n) is 5.53. The van der Waals surface area contributed by atoms with Crippen molar-refractivity contribution in [2.75, 3.05) is 16.7 Å². The van der Waals surface area contributed by atoms with Crippen molar-refractivity contribution in [1.29, 1.82) is 0 Å². The number of nitrogens with one attached hydrogen (secondary N) is 1. The predicted molar refractivity (Wildman–Crippen MR) is 130 cm³/mol. The van der Waals surface area contributed by atoms with Gasteiger partial charge in [0.05, 0.1) is 10.6 Å². The second-order valence-corrected chi connectivity index (χ2v) is 9.57. The smallest absolute Gasteiger partial charge is 0.264 e. The molecule has 5 aromatic rings. The molecule has 1 aromatic heterocycles. The third kappa shape index (κ3) is 3.83. The molecule has 4 aromatic carbocycles. The fourth-order valence-electron chi connectivity index (χ4n) is 3.72. The van der Waals surface area contributed by atoms with Gasteiger partial charge in [-0.1, -0.05) is 36.4 Å². The zero-order chi connectivity index (χ0) is 23.0. The molecule has 0 saturated carbocycles. The lowest BCUT2D eigenvalue weighted by molar-refractivity contribution is 0.102. The van der Waals surface area contributed by atoms with Gasteiger partial charge in [0.15, 0.2) is 0 Å². The van der Waals surface area contributed by atoms with E-state index in [-0.39, 0.29) is 10.8 Å². The first kappa shape index (κ1) is 20.8. The Morgan fingerprint density at radius 1 is 0.788 bits per heavy atom. The van der Waals surface area contributed by atoms with Crippen LogP contribution in [0.3, 0.4) is 0 Å². The van der Waals surface area contributed by atoms with E-state index in [9.17, 15) is 13.2 Å². The van der Waals surface area contributed by atoms with Crippen molar-refractivity contribution in [1.82, 2.24) is 0 Å². The van der Waals surface area contributed by atoms with E-state index in [1.54, 1.807) is 30.3 Å². The molecule has 33 heavy (non-hydrogen) atoms. The summed E-state index contributed by atoms with van der Waals surface area (Å²) in [5, 5.41) is 4.75. The van der Waals surface area contributed by atoms with Crippen molar-refractivity contribution in [2.24, 2.45) is 0 Å². The summed E-state index contributed by atoms with van der Waals surface area (Å²) in [4.78, 5) is 12.9. The minimum atomic E-state index is -3.74. The molecule has 7 heteroatoms. The first-order valence-corrected chi connectivity index (χ1v) is 11.7. The first-order valence-electron chi connectivity index (χ1n) is 10.3. The summed E-state index contributed by atoms with van der Waals surface area (Å²) < 4.78 is 32.9. The quantitative estimate of drug-likeness (QED) is 0.370. The Morgan fingerprint density at radius 3 is 2.21 bits per heavy atom. The predicted octanol–water partition coefficient (Wildman–Crippen LogP) is 5.66. The molecule has 0 saturated heterocycles. The minimum absolute atomic E-state index is 0.108. The van der Waals surface area contributed by atoms with Gasteiger partial charge in [-0.25, -0.2) is 8.42 Å². The number of para-hydroxylation sites is 2. The number of amides is 1. The standard InChI is InChI=1S/C26H20N2O4S/c1-28(20-7-3-2-4-8-20)33(30,31)21-14-11-18(12-15-21)26(29)27-19-13-16-25-23(17-19)22-9-5-6-10-24(22)32-25/h2-17H,1H3,(H,27,29). The molecule has 0 bridgehead atoms. The van der Waals surface area contributed by atoms with Gasteiger partial charge in [-0.3, -0.25) is 9.10 Å². The lowest BCUT2D eigenvalue weighted by Crippen LogP contribution is -2.26. The summed E-state index contributed by atoms with van der Waals surface area (Å²) in [6.45, 7) is 0. The zero-order valence-electron chi connectivity index (χ0n) is 17.7. The highest BCUT2D eigenvalue weighted by Gasteiger charge is 2.21. The van der Waals surface area contributed by atoms with Crippen molar-refractivity contribution >= 4 is 49.2 Å². The Kier molecular flexibility index (Phi) is 5.11. The van der Waals surface area contributed by atoms with Crippen LogP contribution in [0.4, 0.5) is 11.4 Å². The summed E-state index contributed by atoms with van der Waals surface area (Å²) in [5.41, 5.74) is 3.06. The summed E-state index contributed by atoms with van der Waals surface area (Å²) in [7, 11) is -2.24. The van der Waals surface area contributed by atoms with Gasteiger partial charge in [0.1, 0.15) is 11.2 Å². The summed E-state index contributed by atoms with van der Waals surface area (Å²) >= 11 is 0. The number of benzene rings is 4. The summed E-state index contributed by atoms with van der Waals surface area (Å²) in [6.07, 6.45) is 0. The fraction of sp³-hybridized carbons (Fsp3) is 0.0385. The van der Waals surface area contributed by atoms with Crippen LogP contribution in [0.5, 0.6) is 0 Å². The molecule has 0 fully saturated rings. The summed E-state index contributed by atoms with van der Waals surface area (Å²) in [5.74, 6) is -0.331. The van der Waals surface area contributed by atoms with Gasteiger partial charge in [0.2, 0.25) is 0 Å². The molecule has 0 aliphatic heterocycles. The van der Waals surface area contributed by atoms with Gasteiger partial charge in [-0.2, -0.15) is 0 Å². The van der Waals surface area contributed by atoms with Crippen LogP contribution in [-0.2, 0) is 10.0 Å². The van der Waals surface area contributed by atoms with Crippen molar-refractivity contribution in [3.63, 3.8) is 0 Å². The van der Waals surface area contributed by atoms with Crippen molar-refractivity contribution < 1.29 is 17.6 Å². The number of nitrogens with zero attached hydrogens (tertiary/aromatic N) is 1. The van der Waals surface area contributed by atoms with Crippen molar-refractivity contribution in [3.05, 3.63) is 103 Å². The molecule has 0 atom stereocenters. The Hall–Kier alpha value is -4.10. The second-order valence-electron chi connectivity index (χ2n) is 7.60. The largest absolute Gasteiger partial charge is 0.456 e. The molecule has 0 aliphatic rings. The molecular formula is C26H20N2O4S. The van der Waals surface area contributed by atoms with Gasteiger partial charge in [0.25, 0.3) is 15.9 Å². The van der Waals surface area contributed by atoms with Crippen LogP contribution in [0.1, 0.15) is 10.4 Å². The monoisotopic (exact) mass is 456 g/mol. The zero-order valence-corrected chi connectivity index (χ0v) is 18.5. The van der Waals surface area contributed by atoms with Crippen molar-refractivity contribution in [2.45, 2.75) is 4.90 Å². The molecule has 1 N–H and O–H groups in total. The number of furan rings is 1. The number of anilines is 2. The number of hydrogen-bond donors (Lipinski definition) is 1. The van der Waals surface area contributed by atoms with Crippen LogP contribution in [0.25, 0.3) is 21.9 Å². The Balaban J connectivity index is 1.37. The van der Waals surface area contributed by atoms with E-state index < -0.39 is 10.0 Å². The minimum Gasteiger partial charge on any atom is -0.456 e. The highest BCUT2D eigenvalue weighted by atomic mass is 32.2. The van der Waals surface area contributed by atoms with Gasteiger partial charge >= 0.3 is 0 Å². The van der Waals surface area contributed by atoms with Gasteiger partial charge < -0.3 is 9.73 Å². The molecule has 1 amide bonds. The van der Waals surface area contributed by atoms with Crippen molar-refractivity contribution in [3.8, 4) is 0 Å².